The van der Waals surface area contributed by atoms with Gasteiger partial charge in [0.15, 0.2) is 0 Å². The SMILES string of the molecule is CCN(c1cccc(C)c1)c1cc(C)nc(Nc2ccc(NC(C)=O)cc2)n1. The van der Waals surface area contributed by atoms with Gasteiger partial charge in [0.1, 0.15) is 5.82 Å². The molecule has 6 heteroatoms. The molecule has 6 nitrogen and oxygen atoms in total. The number of aryl methyl sites for hydroxylation is 2. The van der Waals surface area contributed by atoms with Crippen LogP contribution in [0.1, 0.15) is 25.1 Å². The molecule has 0 aliphatic carbocycles. The van der Waals surface area contributed by atoms with E-state index < -0.39 is 0 Å². The Morgan fingerprint density at radius 3 is 2.36 bits per heavy atom. The summed E-state index contributed by atoms with van der Waals surface area (Å²) >= 11 is 0. The third-order valence-corrected chi connectivity index (χ3v) is 4.21. The van der Waals surface area contributed by atoms with Gasteiger partial charge in [-0.15, -0.1) is 0 Å². The Morgan fingerprint density at radius 1 is 1.00 bits per heavy atom. The van der Waals surface area contributed by atoms with E-state index in [1.165, 1.54) is 12.5 Å². The maximum atomic E-state index is 11.1. The summed E-state index contributed by atoms with van der Waals surface area (Å²) in [5.41, 5.74) is 4.80. The lowest BCUT2D eigenvalue weighted by Gasteiger charge is -2.23. The molecule has 0 aliphatic rings. The number of amides is 1. The van der Waals surface area contributed by atoms with Crippen molar-refractivity contribution in [3.8, 4) is 0 Å². The minimum absolute atomic E-state index is 0.0943. The van der Waals surface area contributed by atoms with E-state index in [1.807, 2.05) is 37.3 Å². The maximum absolute atomic E-state index is 11.1. The third kappa shape index (κ3) is 4.85. The molecule has 0 saturated heterocycles. The molecule has 1 amide bonds. The van der Waals surface area contributed by atoms with Gasteiger partial charge in [0, 0.05) is 42.3 Å². The number of rotatable bonds is 6. The van der Waals surface area contributed by atoms with E-state index in [1.54, 1.807) is 0 Å². The number of hydrogen-bond acceptors (Lipinski definition) is 5. The summed E-state index contributed by atoms with van der Waals surface area (Å²) in [7, 11) is 0. The van der Waals surface area contributed by atoms with Crippen LogP contribution >= 0.6 is 0 Å². The van der Waals surface area contributed by atoms with Gasteiger partial charge in [-0.3, -0.25) is 4.79 Å². The first-order valence-electron chi connectivity index (χ1n) is 9.29. The topological polar surface area (TPSA) is 70.2 Å². The number of nitrogens with one attached hydrogen (secondary N) is 2. The van der Waals surface area contributed by atoms with Crippen molar-refractivity contribution in [2.45, 2.75) is 27.7 Å². The predicted molar refractivity (Wildman–Crippen MR) is 115 cm³/mol. The van der Waals surface area contributed by atoms with E-state index >= 15 is 0 Å². The molecule has 0 radical (unpaired) electrons. The van der Waals surface area contributed by atoms with Crippen molar-refractivity contribution in [3.63, 3.8) is 0 Å². The molecular formula is C22H25N5O. The van der Waals surface area contributed by atoms with Gasteiger partial charge in [0.2, 0.25) is 11.9 Å². The zero-order chi connectivity index (χ0) is 20.1. The van der Waals surface area contributed by atoms with Crippen LogP contribution in [0, 0.1) is 13.8 Å². The molecule has 28 heavy (non-hydrogen) atoms. The highest BCUT2D eigenvalue weighted by molar-refractivity contribution is 5.88. The Morgan fingerprint density at radius 2 is 1.71 bits per heavy atom. The number of hydrogen-bond donors (Lipinski definition) is 2. The van der Waals surface area contributed by atoms with Crippen molar-refractivity contribution in [1.29, 1.82) is 0 Å². The van der Waals surface area contributed by atoms with E-state index in [0.29, 0.717) is 5.95 Å². The van der Waals surface area contributed by atoms with Gasteiger partial charge in [0.05, 0.1) is 0 Å². The summed E-state index contributed by atoms with van der Waals surface area (Å²) in [5, 5.41) is 6.00. The Hall–Kier alpha value is -3.41. The van der Waals surface area contributed by atoms with Crippen molar-refractivity contribution in [1.82, 2.24) is 9.97 Å². The van der Waals surface area contributed by atoms with Crippen LogP contribution in [-0.4, -0.2) is 22.4 Å². The molecule has 3 aromatic rings. The second-order valence-electron chi connectivity index (χ2n) is 6.66. The third-order valence-electron chi connectivity index (χ3n) is 4.21. The summed E-state index contributed by atoms with van der Waals surface area (Å²) in [6.07, 6.45) is 0. The number of carbonyl (C=O) groups excluding carboxylic acids is 1. The first kappa shape index (κ1) is 19.4. The fourth-order valence-electron chi connectivity index (χ4n) is 2.99. The molecule has 2 aromatic carbocycles. The average molecular weight is 375 g/mol. The molecule has 2 N–H and O–H groups in total. The normalized spacial score (nSPS) is 10.4. The van der Waals surface area contributed by atoms with Gasteiger partial charge in [-0.2, -0.15) is 4.98 Å². The zero-order valence-corrected chi connectivity index (χ0v) is 16.7. The molecule has 144 valence electrons. The highest BCUT2D eigenvalue weighted by Crippen LogP contribution is 2.26. The molecule has 0 unspecified atom stereocenters. The minimum atomic E-state index is -0.0943. The molecule has 0 atom stereocenters. The summed E-state index contributed by atoms with van der Waals surface area (Å²) in [6, 6.07) is 17.8. The molecule has 0 aliphatic heterocycles. The number of carbonyl (C=O) groups is 1. The van der Waals surface area contributed by atoms with Crippen molar-refractivity contribution in [2.24, 2.45) is 0 Å². The summed E-state index contributed by atoms with van der Waals surface area (Å²) in [6.45, 7) is 8.43. The summed E-state index contributed by atoms with van der Waals surface area (Å²) in [4.78, 5) is 22.5. The Balaban J connectivity index is 1.85. The second kappa shape index (κ2) is 8.52. The smallest absolute Gasteiger partial charge is 0.229 e. The molecule has 0 bridgehead atoms. The second-order valence-corrected chi connectivity index (χ2v) is 6.66. The van der Waals surface area contributed by atoms with Crippen LogP contribution in [0.4, 0.5) is 28.8 Å². The van der Waals surface area contributed by atoms with Gasteiger partial charge in [-0.1, -0.05) is 12.1 Å². The highest BCUT2D eigenvalue weighted by Gasteiger charge is 2.12. The van der Waals surface area contributed by atoms with Gasteiger partial charge in [-0.25, -0.2) is 4.98 Å². The summed E-state index contributed by atoms with van der Waals surface area (Å²) in [5.74, 6) is 1.29. The molecule has 3 rings (SSSR count). The molecule has 0 spiro atoms. The Bertz CT molecular complexity index is 969. The van der Waals surface area contributed by atoms with Gasteiger partial charge in [-0.05, 0) is 62.7 Å². The van der Waals surface area contributed by atoms with Crippen molar-refractivity contribution in [2.75, 3.05) is 22.1 Å². The van der Waals surface area contributed by atoms with E-state index in [9.17, 15) is 4.79 Å². The lowest BCUT2D eigenvalue weighted by Crippen LogP contribution is -2.18. The monoisotopic (exact) mass is 375 g/mol. The van der Waals surface area contributed by atoms with Gasteiger partial charge in [0.25, 0.3) is 0 Å². The number of anilines is 5. The number of aromatic nitrogens is 2. The highest BCUT2D eigenvalue weighted by atomic mass is 16.1. The number of nitrogens with zero attached hydrogens (tertiary/aromatic N) is 3. The Kier molecular flexibility index (Phi) is 5.89. The molecule has 1 heterocycles. The lowest BCUT2D eigenvalue weighted by molar-refractivity contribution is -0.114. The van der Waals surface area contributed by atoms with Crippen LogP contribution in [-0.2, 0) is 4.79 Å². The van der Waals surface area contributed by atoms with Crippen LogP contribution in [0.15, 0.2) is 54.6 Å². The lowest BCUT2D eigenvalue weighted by atomic mass is 10.2. The zero-order valence-electron chi connectivity index (χ0n) is 16.7. The minimum Gasteiger partial charge on any atom is -0.326 e. The largest absolute Gasteiger partial charge is 0.326 e. The average Bonchev–Trinajstić information content (AvgIpc) is 2.63. The molecule has 1 aromatic heterocycles. The first-order valence-corrected chi connectivity index (χ1v) is 9.29. The summed E-state index contributed by atoms with van der Waals surface area (Å²) < 4.78 is 0. The molecule has 0 saturated carbocycles. The van der Waals surface area contributed by atoms with E-state index in [4.69, 9.17) is 4.98 Å². The fourth-order valence-corrected chi connectivity index (χ4v) is 2.99. The number of benzene rings is 2. The molecular weight excluding hydrogens is 350 g/mol. The van der Waals surface area contributed by atoms with E-state index in [0.717, 1.165) is 35.1 Å². The van der Waals surface area contributed by atoms with Crippen LogP contribution in [0.25, 0.3) is 0 Å². The quantitative estimate of drug-likeness (QED) is 0.638. The maximum Gasteiger partial charge on any atom is 0.229 e. The van der Waals surface area contributed by atoms with Crippen LogP contribution in [0.2, 0.25) is 0 Å². The van der Waals surface area contributed by atoms with E-state index in [2.05, 4.69) is 58.6 Å². The van der Waals surface area contributed by atoms with Crippen LogP contribution in [0.5, 0.6) is 0 Å². The molecule has 0 fully saturated rings. The van der Waals surface area contributed by atoms with Crippen molar-refractivity contribution in [3.05, 3.63) is 65.9 Å². The Labute approximate surface area is 165 Å². The standard InChI is InChI=1S/C22H25N5O/c1-5-27(20-8-6-7-15(2)13-20)21-14-16(3)23-22(26-21)25-19-11-9-18(10-12-19)24-17(4)28/h6-14H,5H2,1-4H3,(H,24,28)(H,23,25,26). The van der Waals surface area contributed by atoms with E-state index in [-0.39, 0.29) is 5.91 Å². The van der Waals surface area contributed by atoms with Gasteiger partial charge >= 0.3 is 0 Å². The van der Waals surface area contributed by atoms with Crippen molar-refractivity contribution >= 4 is 34.7 Å². The first-order chi connectivity index (χ1) is 13.4. The van der Waals surface area contributed by atoms with Gasteiger partial charge < -0.3 is 15.5 Å². The fraction of sp³-hybridized carbons (Fsp3) is 0.227. The van der Waals surface area contributed by atoms with Crippen molar-refractivity contribution < 1.29 is 4.79 Å². The predicted octanol–water partition coefficient (Wildman–Crippen LogP) is 4.95. The van der Waals surface area contributed by atoms with Crippen LogP contribution in [0.3, 0.4) is 0 Å². The van der Waals surface area contributed by atoms with Crippen LogP contribution < -0.4 is 15.5 Å².